The van der Waals surface area contributed by atoms with Crippen LogP contribution >= 0.6 is 11.6 Å². The number of fused-ring (bicyclic) bond motifs is 1. The number of rotatable bonds is 5. The molecule has 0 radical (unpaired) electrons. The maximum Gasteiger partial charge on any atom is 0.511 e. The number of nitrogens with zero attached hydrogens (tertiary/aromatic N) is 2. The third kappa shape index (κ3) is 3.74. The number of ether oxygens (including phenoxy) is 2. The van der Waals surface area contributed by atoms with Crippen molar-refractivity contribution in [3.05, 3.63) is 41.2 Å². The Morgan fingerprint density at radius 3 is 2.88 bits per heavy atom. The highest BCUT2D eigenvalue weighted by Gasteiger charge is 2.17. The second-order valence-corrected chi connectivity index (χ2v) is 5.56. The largest absolute Gasteiger partial charge is 0.511 e. The van der Waals surface area contributed by atoms with Gasteiger partial charge >= 0.3 is 6.16 Å². The molecule has 0 aliphatic rings. The van der Waals surface area contributed by atoms with Crippen LogP contribution in [0.15, 0.2) is 34.9 Å². The molecule has 3 rings (SSSR count). The molecular weight excluding hydrogens is 350 g/mol. The minimum Gasteiger partial charge on any atom is -0.493 e. The Balaban J connectivity index is 1.91. The zero-order valence-corrected chi connectivity index (χ0v) is 14.1. The van der Waals surface area contributed by atoms with Crippen molar-refractivity contribution in [2.45, 2.75) is 13.0 Å². The van der Waals surface area contributed by atoms with Crippen molar-refractivity contribution in [3.63, 3.8) is 0 Å². The van der Waals surface area contributed by atoms with E-state index in [-0.39, 0.29) is 17.8 Å². The number of pyridine rings is 1. The van der Waals surface area contributed by atoms with E-state index in [0.29, 0.717) is 21.9 Å². The van der Waals surface area contributed by atoms with Gasteiger partial charge in [0.05, 0.1) is 18.8 Å². The normalized spacial score (nSPS) is 12.0. The molecule has 0 spiro atoms. The van der Waals surface area contributed by atoms with Crippen molar-refractivity contribution < 1.29 is 23.8 Å². The predicted molar refractivity (Wildman–Crippen MR) is 90.5 cm³/mol. The molecule has 2 N–H and O–H groups in total. The van der Waals surface area contributed by atoms with Gasteiger partial charge in [-0.15, -0.1) is 0 Å². The minimum atomic E-state index is -1.43. The van der Waals surface area contributed by atoms with Gasteiger partial charge in [0.15, 0.2) is 11.3 Å². The maximum absolute atomic E-state index is 10.7. The summed E-state index contributed by atoms with van der Waals surface area (Å²) in [5, 5.41) is 12.4. The van der Waals surface area contributed by atoms with Gasteiger partial charge in [-0.3, -0.25) is 4.98 Å². The fourth-order valence-electron chi connectivity index (χ4n) is 2.27. The second kappa shape index (κ2) is 6.86. The van der Waals surface area contributed by atoms with Gasteiger partial charge in [-0.05, 0) is 19.1 Å². The number of anilines is 1. The Labute approximate surface area is 147 Å². The fraction of sp³-hybridized carbons (Fsp3) is 0.188. The molecule has 0 bridgehead atoms. The van der Waals surface area contributed by atoms with Crippen LogP contribution in [0.2, 0.25) is 5.02 Å². The van der Waals surface area contributed by atoms with E-state index >= 15 is 0 Å². The van der Waals surface area contributed by atoms with Crippen LogP contribution in [0.25, 0.3) is 11.1 Å². The van der Waals surface area contributed by atoms with Crippen LogP contribution in [0.3, 0.4) is 0 Å². The molecule has 0 aliphatic heterocycles. The van der Waals surface area contributed by atoms with E-state index in [9.17, 15) is 4.79 Å². The van der Waals surface area contributed by atoms with E-state index < -0.39 is 6.16 Å². The highest BCUT2D eigenvalue weighted by atomic mass is 35.5. The molecule has 1 atom stereocenters. The number of carbonyl (C=O) groups is 1. The highest BCUT2D eigenvalue weighted by molar-refractivity contribution is 6.30. The standard InChI is InChI=1S/C16H14ClN3O5/c1-8(11-5-9(17)3-4-18-11)19-15-20-12-6-10(24-16(21)22)7-13(23-2)14(12)25-15/h3-8H,1-2H3,(H,19,20)(H,21,22). The number of aromatic nitrogens is 2. The Morgan fingerprint density at radius 2 is 2.20 bits per heavy atom. The van der Waals surface area contributed by atoms with Crippen LogP contribution in [0.1, 0.15) is 18.7 Å². The molecule has 0 fully saturated rings. The lowest BCUT2D eigenvalue weighted by Gasteiger charge is -2.11. The molecule has 9 heteroatoms. The van der Waals surface area contributed by atoms with Crippen LogP contribution in [0.5, 0.6) is 11.5 Å². The van der Waals surface area contributed by atoms with E-state index in [1.807, 2.05) is 6.92 Å². The van der Waals surface area contributed by atoms with E-state index in [1.165, 1.54) is 19.2 Å². The monoisotopic (exact) mass is 363 g/mol. The third-order valence-electron chi connectivity index (χ3n) is 3.38. The second-order valence-electron chi connectivity index (χ2n) is 5.13. The number of hydrogen-bond acceptors (Lipinski definition) is 7. The number of nitrogens with one attached hydrogen (secondary N) is 1. The average Bonchev–Trinajstić information content (AvgIpc) is 2.95. The lowest BCUT2D eigenvalue weighted by atomic mass is 10.2. The summed E-state index contributed by atoms with van der Waals surface area (Å²) in [6.45, 7) is 1.88. The van der Waals surface area contributed by atoms with Gasteiger partial charge in [0.2, 0.25) is 0 Å². The molecular formula is C16H14ClN3O5. The summed E-state index contributed by atoms with van der Waals surface area (Å²) < 4.78 is 15.5. The van der Waals surface area contributed by atoms with E-state index in [0.717, 1.165) is 5.69 Å². The third-order valence-corrected chi connectivity index (χ3v) is 3.62. The lowest BCUT2D eigenvalue weighted by molar-refractivity contribution is 0.144. The van der Waals surface area contributed by atoms with Crippen molar-refractivity contribution >= 4 is 34.9 Å². The van der Waals surface area contributed by atoms with Gasteiger partial charge in [-0.1, -0.05) is 11.6 Å². The molecule has 0 aliphatic carbocycles. The Morgan fingerprint density at radius 1 is 1.40 bits per heavy atom. The number of carboxylic acid groups (broad SMARTS) is 1. The average molecular weight is 364 g/mol. The molecule has 8 nitrogen and oxygen atoms in total. The first-order valence-corrected chi connectivity index (χ1v) is 7.61. The van der Waals surface area contributed by atoms with Gasteiger partial charge in [-0.25, -0.2) is 4.79 Å². The summed E-state index contributed by atoms with van der Waals surface area (Å²) in [4.78, 5) is 19.2. The summed E-state index contributed by atoms with van der Waals surface area (Å²) in [6.07, 6.45) is 0.185. The van der Waals surface area contributed by atoms with Crippen LogP contribution in [-0.4, -0.2) is 28.3 Å². The van der Waals surface area contributed by atoms with Crippen LogP contribution < -0.4 is 14.8 Å². The quantitative estimate of drug-likeness (QED) is 0.515. The van der Waals surface area contributed by atoms with E-state index in [4.69, 9.17) is 25.9 Å². The molecule has 0 saturated carbocycles. The summed E-state index contributed by atoms with van der Waals surface area (Å²) in [5.74, 6) is 0.393. The molecule has 3 aromatic rings. The minimum absolute atomic E-state index is 0.0845. The SMILES string of the molecule is COc1cc(OC(=O)O)cc2nc(NC(C)c3cc(Cl)ccn3)oc12. The van der Waals surface area contributed by atoms with E-state index in [1.54, 1.807) is 18.3 Å². The number of methoxy groups -OCH3 is 1. The Kier molecular flexibility index (Phi) is 4.62. The summed E-state index contributed by atoms with van der Waals surface area (Å²) >= 11 is 5.97. The summed E-state index contributed by atoms with van der Waals surface area (Å²) in [7, 11) is 1.44. The van der Waals surface area contributed by atoms with Crippen LogP contribution in [-0.2, 0) is 0 Å². The van der Waals surface area contributed by atoms with Gasteiger partial charge in [-0.2, -0.15) is 4.98 Å². The maximum atomic E-state index is 10.7. The number of hydrogen-bond donors (Lipinski definition) is 2. The first kappa shape index (κ1) is 16.8. The zero-order valence-electron chi connectivity index (χ0n) is 13.3. The molecule has 2 aromatic heterocycles. The number of oxazole rings is 1. The fourth-order valence-corrected chi connectivity index (χ4v) is 2.44. The first-order chi connectivity index (χ1) is 12.0. The van der Waals surface area contributed by atoms with Gasteiger partial charge in [0, 0.05) is 23.4 Å². The van der Waals surface area contributed by atoms with E-state index in [2.05, 4.69) is 20.0 Å². The molecule has 2 heterocycles. The summed E-state index contributed by atoms with van der Waals surface area (Å²) in [5.41, 5.74) is 1.48. The Hall–Kier alpha value is -3.00. The zero-order chi connectivity index (χ0) is 18.0. The van der Waals surface area contributed by atoms with Gasteiger partial charge in [0.1, 0.15) is 11.3 Å². The number of halogens is 1. The smallest absolute Gasteiger partial charge is 0.493 e. The van der Waals surface area contributed by atoms with Crippen molar-refractivity contribution in [1.29, 1.82) is 0 Å². The lowest BCUT2D eigenvalue weighted by Crippen LogP contribution is -2.08. The number of benzene rings is 1. The first-order valence-electron chi connectivity index (χ1n) is 7.23. The van der Waals surface area contributed by atoms with Crippen molar-refractivity contribution in [3.8, 4) is 11.5 Å². The topological polar surface area (TPSA) is 107 Å². The highest BCUT2D eigenvalue weighted by Crippen LogP contribution is 2.34. The summed E-state index contributed by atoms with van der Waals surface area (Å²) in [6, 6.07) is 6.30. The van der Waals surface area contributed by atoms with Crippen LogP contribution in [0.4, 0.5) is 10.8 Å². The molecule has 0 amide bonds. The predicted octanol–water partition coefficient (Wildman–Crippen LogP) is 4.11. The molecule has 1 unspecified atom stereocenters. The molecule has 130 valence electrons. The van der Waals surface area contributed by atoms with Gasteiger partial charge < -0.3 is 24.3 Å². The Bertz CT molecular complexity index is 927. The van der Waals surface area contributed by atoms with Crippen molar-refractivity contribution in [2.75, 3.05) is 12.4 Å². The van der Waals surface area contributed by atoms with Crippen LogP contribution in [0, 0.1) is 0 Å². The van der Waals surface area contributed by atoms with Crippen molar-refractivity contribution in [1.82, 2.24) is 9.97 Å². The molecule has 25 heavy (non-hydrogen) atoms. The molecule has 0 saturated heterocycles. The van der Waals surface area contributed by atoms with Crippen molar-refractivity contribution in [2.24, 2.45) is 0 Å². The molecule has 1 aromatic carbocycles. The van der Waals surface area contributed by atoms with Gasteiger partial charge in [0.25, 0.3) is 6.01 Å².